The van der Waals surface area contributed by atoms with E-state index < -0.39 is 31.9 Å². The predicted octanol–water partition coefficient (Wildman–Crippen LogP) is 2.31. The second-order valence-corrected chi connectivity index (χ2v) is 7.07. The van der Waals surface area contributed by atoms with E-state index in [9.17, 15) is 22.0 Å². The first-order valence-corrected chi connectivity index (χ1v) is 8.03. The number of anilines is 1. The first kappa shape index (κ1) is 18.8. The van der Waals surface area contributed by atoms with E-state index in [1.165, 1.54) is 12.1 Å². The van der Waals surface area contributed by atoms with Crippen molar-refractivity contribution in [3.05, 3.63) is 24.3 Å². The fraction of sp³-hybridized carbons (Fsp3) is 0.462. The Hall–Kier alpha value is -1.25. The lowest BCUT2D eigenvalue weighted by Gasteiger charge is -2.22. The second kappa shape index (κ2) is 6.89. The molecule has 3 N–H and O–H groups in total. The monoisotopic (exact) mass is 354 g/mol. The molecule has 0 saturated heterocycles. The zero-order valence-electron chi connectivity index (χ0n) is 11.6. The van der Waals surface area contributed by atoms with Crippen LogP contribution in [0.4, 0.5) is 14.5 Å². The molecule has 0 atom stereocenters. The summed E-state index contributed by atoms with van der Waals surface area (Å²) in [5.74, 6) is -3.93. The van der Waals surface area contributed by atoms with Crippen molar-refractivity contribution in [2.24, 2.45) is 5.73 Å². The molecule has 1 aromatic carbocycles. The number of nitrogens with one attached hydrogen (secondary N) is 1. The van der Waals surface area contributed by atoms with Crippen LogP contribution in [-0.4, -0.2) is 25.6 Å². The van der Waals surface area contributed by atoms with E-state index >= 15 is 0 Å². The van der Waals surface area contributed by atoms with Crippen molar-refractivity contribution in [3.63, 3.8) is 0 Å². The van der Waals surface area contributed by atoms with Crippen LogP contribution in [0, 0.1) is 0 Å². The highest BCUT2D eigenvalue weighted by atomic mass is 35.5. The van der Waals surface area contributed by atoms with E-state index in [2.05, 4.69) is 5.32 Å². The van der Waals surface area contributed by atoms with Gasteiger partial charge in [-0.15, -0.1) is 12.4 Å². The minimum atomic E-state index is -4.69. The summed E-state index contributed by atoms with van der Waals surface area (Å²) >= 11 is 0. The third kappa shape index (κ3) is 3.74. The Morgan fingerprint density at radius 3 is 2.41 bits per heavy atom. The number of hydrogen-bond donors (Lipinski definition) is 2. The van der Waals surface area contributed by atoms with Crippen molar-refractivity contribution in [2.45, 2.75) is 41.9 Å². The number of sulfone groups is 1. The Labute approximate surface area is 133 Å². The van der Waals surface area contributed by atoms with E-state index in [1.807, 2.05) is 0 Å². The smallest absolute Gasteiger partial charge is 0.324 e. The Balaban J connectivity index is 0.00000242. The van der Waals surface area contributed by atoms with Crippen LogP contribution in [0.5, 0.6) is 0 Å². The van der Waals surface area contributed by atoms with Crippen LogP contribution < -0.4 is 11.1 Å². The van der Waals surface area contributed by atoms with Gasteiger partial charge in [-0.1, -0.05) is 18.9 Å². The van der Waals surface area contributed by atoms with Crippen LogP contribution >= 0.6 is 12.4 Å². The Morgan fingerprint density at radius 1 is 1.27 bits per heavy atom. The van der Waals surface area contributed by atoms with Crippen molar-refractivity contribution in [1.82, 2.24) is 0 Å². The molecule has 0 unspecified atom stereocenters. The molecule has 124 valence electrons. The molecule has 1 aliphatic rings. The van der Waals surface area contributed by atoms with Gasteiger partial charge in [0.1, 0.15) is 0 Å². The van der Waals surface area contributed by atoms with Crippen LogP contribution in [-0.2, 0) is 14.6 Å². The zero-order valence-corrected chi connectivity index (χ0v) is 13.2. The lowest BCUT2D eigenvalue weighted by atomic mass is 9.98. The SMILES string of the molecule is Cl.NC1(C(=O)Nc2cccc(S(=O)(=O)C(F)F)c2)CCCC1. The van der Waals surface area contributed by atoms with Gasteiger partial charge in [0, 0.05) is 5.69 Å². The molecule has 0 aliphatic heterocycles. The van der Waals surface area contributed by atoms with Gasteiger partial charge in [-0.05, 0) is 31.0 Å². The van der Waals surface area contributed by atoms with Crippen molar-refractivity contribution >= 4 is 33.8 Å². The third-order valence-electron chi connectivity index (χ3n) is 3.60. The molecule has 0 bridgehead atoms. The van der Waals surface area contributed by atoms with E-state index in [0.29, 0.717) is 12.8 Å². The summed E-state index contributed by atoms with van der Waals surface area (Å²) in [5, 5.41) is 2.50. The lowest BCUT2D eigenvalue weighted by Crippen LogP contribution is -2.48. The molecule has 22 heavy (non-hydrogen) atoms. The number of hydrogen-bond acceptors (Lipinski definition) is 4. The van der Waals surface area contributed by atoms with Gasteiger partial charge in [0.05, 0.1) is 10.4 Å². The molecule has 2 rings (SSSR count). The van der Waals surface area contributed by atoms with Gasteiger partial charge in [0.15, 0.2) is 0 Å². The molecule has 0 spiro atoms. The molecule has 1 amide bonds. The minimum Gasteiger partial charge on any atom is -0.324 e. The highest BCUT2D eigenvalue weighted by Gasteiger charge is 2.37. The number of carbonyl (C=O) groups excluding carboxylic acids is 1. The van der Waals surface area contributed by atoms with Crippen molar-refractivity contribution in [1.29, 1.82) is 0 Å². The molecule has 1 saturated carbocycles. The van der Waals surface area contributed by atoms with E-state index in [1.54, 1.807) is 0 Å². The largest absolute Gasteiger partial charge is 0.341 e. The first-order valence-electron chi connectivity index (χ1n) is 6.48. The van der Waals surface area contributed by atoms with Crippen molar-refractivity contribution in [2.75, 3.05) is 5.32 Å². The van der Waals surface area contributed by atoms with Crippen LogP contribution in [0.1, 0.15) is 25.7 Å². The van der Waals surface area contributed by atoms with E-state index in [4.69, 9.17) is 5.73 Å². The average molecular weight is 355 g/mol. The maximum absolute atomic E-state index is 12.5. The molecule has 5 nitrogen and oxygen atoms in total. The maximum Gasteiger partial charge on any atom is 0.341 e. The van der Waals surface area contributed by atoms with Crippen molar-refractivity contribution < 1.29 is 22.0 Å². The number of alkyl halides is 2. The summed E-state index contributed by atoms with van der Waals surface area (Å²) in [6.45, 7) is 0. The van der Waals surface area contributed by atoms with Gasteiger partial charge < -0.3 is 11.1 Å². The van der Waals surface area contributed by atoms with Gasteiger partial charge in [-0.25, -0.2) is 8.42 Å². The van der Waals surface area contributed by atoms with Crippen LogP contribution in [0.2, 0.25) is 0 Å². The van der Waals surface area contributed by atoms with E-state index in [0.717, 1.165) is 25.0 Å². The number of amides is 1. The van der Waals surface area contributed by atoms with Crippen LogP contribution in [0.25, 0.3) is 0 Å². The van der Waals surface area contributed by atoms with Crippen LogP contribution in [0.3, 0.4) is 0 Å². The first-order chi connectivity index (χ1) is 9.75. The Morgan fingerprint density at radius 2 is 1.86 bits per heavy atom. The summed E-state index contributed by atoms with van der Waals surface area (Å²) in [6, 6.07) is 4.80. The molecule has 0 radical (unpaired) electrons. The number of benzene rings is 1. The van der Waals surface area contributed by atoms with Gasteiger partial charge >= 0.3 is 5.76 Å². The predicted molar refractivity (Wildman–Crippen MR) is 80.9 cm³/mol. The molecule has 9 heteroatoms. The van der Waals surface area contributed by atoms with Crippen molar-refractivity contribution in [3.8, 4) is 0 Å². The normalized spacial score (nSPS) is 17.1. The molecular weight excluding hydrogens is 338 g/mol. The topological polar surface area (TPSA) is 89.3 Å². The minimum absolute atomic E-state index is 0. The molecule has 0 heterocycles. The number of nitrogens with two attached hydrogens (primary N) is 1. The summed E-state index contributed by atoms with van der Waals surface area (Å²) in [4.78, 5) is 11.6. The zero-order chi connectivity index (χ0) is 15.7. The third-order valence-corrected chi connectivity index (χ3v) is 4.98. The summed E-state index contributed by atoms with van der Waals surface area (Å²) < 4.78 is 47.8. The summed E-state index contributed by atoms with van der Waals surface area (Å²) in [6.07, 6.45) is 2.80. The number of rotatable bonds is 4. The van der Waals surface area contributed by atoms with E-state index in [-0.39, 0.29) is 18.1 Å². The summed E-state index contributed by atoms with van der Waals surface area (Å²) in [7, 11) is -4.69. The Bertz CT molecular complexity index is 646. The molecule has 1 aromatic rings. The maximum atomic E-state index is 12.5. The van der Waals surface area contributed by atoms with Gasteiger partial charge in [0.2, 0.25) is 15.7 Å². The second-order valence-electron chi connectivity index (χ2n) is 5.15. The van der Waals surface area contributed by atoms with Gasteiger partial charge in [-0.2, -0.15) is 8.78 Å². The molecular formula is C13H17ClF2N2O3S. The summed E-state index contributed by atoms with van der Waals surface area (Å²) in [5.41, 5.74) is 5.14. The average Bonchev–Trinajstić information content (AvgIpc) is 2.87. The fourth-order valence-electron chi connectivity index (χ4n) is 2.34. The lowest BCUT2D eigenvalue weighted by molar-refractivity contribution is -0.121. The molecule has 0 aromatic heterocycles. The molecule has 1 fully saturated rings. The fourth-order valence-corrected chi connectivity index (χ4v) is 3.11. The van der Waals surface area contributed by atoms with Gasteiger partial charge in [-0.3, -0.25) is 4.79 Å². The Kier molecular flexibility index (Phi) is 5.89. The highest BCUT2D eigenvalue weighted by Crippen LogP contribution is 2.29. The quantitative estimate of drug-likeness (QED) is 0.868. The standard InChI is InChI=1S/C13H16F2N2O3S.ClH/c14-12(15)21(19,20)10-5-3-4-9(8-10)17-11(18)13(16)6-1-2-7-13;/h3-5,8,12H,1-2,6-7,16H2,(H,17,18);1H. The van der Waals surface area contributed by atoms with Gasteiger partial charge in [0.25, 0.3) is 0 Å². The van der Waals surface area contributed by atoms with Crippen LogP contribution in [0.15, 0.2) is 29.2 Å². The number of halogens is 3. The highest BCUT2D eigenvalue weighted by molar-refractivity contribution is 7.91. The molecule has 1 aliphatic carbocycles. The number of carbonyl (C=O) groups is 1.